The number of nitro groups is 1. The Bertz CT molecular complexity index is 792. The molecule has 7 heteroatoms. The van der Waals surface area contributed by atoms with E-state index < -0.39 is 16.9 Å². The van der Waals surface area contributed by atoms with E-state index in [1.165, 1.54) is 12.1 Å². The van der Waals surface area contributed by atoms with E-state index in [1.807, 2.05) is 6.92 Å². The van der Waals surface area contributed by atoms with Crippen LogP contribution in [0.3, 0.4) is 0 Å². The van der Waals surface area contributed by atoms with Gasteiger partial charge in [0, 0.05) is 17.2 Å². The molecule has 0 fully saturated rings. The van der Waals surface area contributed by atoms with Crippen LogP contribution in [0.1, 0.15) is 18.1 Å². The molecule has 0 aliphatic rings. The lowest BCUT2D eigenvalue weighted by atomic mass is 10.1. The fourth-order valence-corrected chi connectivity index (χ4v) is 2.31. The van der Waals surface area contributed by atoms with Gasteiger partial charge in [0.1, 0.15) is 5.75 Å². The van der Waals surface area contributed by atoms with Gasteiger partial charge >= 0.3 is 0 Å². The number of amides is 1. The Morgan fingerprint density at radius 2 is 1.92 bits per heavy atom. The van der Waals surface area contributed by atoms with E-state index in [0.717, 1.165) is 11.1 Å². The molecule has 2 aromatic carbocycles. The predicted molar refractivity (Wildman–Crippen MR) is 92.7 cm³/mol. The summed E-state index contributed by atoms with van der Waals surface area (Å²) in [5.41, 5.74) is 1.84. The molecule has 0 saturated heterocycles. The zero-order chi connectivity index (χ0) is 17.9. The van der Waals surface area contributed by atoms with E-state index in [9.17, 15) is 14.9 Å². The minimum atomic E-state index is -0.775. The van der Waals surface area contributed by atoms with Crippen LogP contribution in [0.2, 0.25) is 5.02 Å². The molecule has 126 valence electrons. The number of aryl methyl sites for hydroxylation is 2. The van der Waals surface area contributed by atoms with Crippen LogP contribution in [0.25, 0.3) is 0 Å². The summed E-state index contributed by atoms with van der Waals surface area (Å²) in [5, 5.41) is 14.1. The first-order valence-corrected chi connectivity index (χ1v) is 7.64. The largest absolute Gasteiger partial charge is 0.481 e. The van der Waals surface area contributed by atoms with Gasteiger partial charge < -0.3 is 10.1 Å². The molecule has 0 aliphatic carbocycles. The number of halogens is 1. The van der Waals surface area contributed by atoms with Gasteiger partial charge in [0.05, 0.1) is 10.6 Å². The Morgan fingerprint density at radius 3 is 2.54 bits per heavy atom. The van der Waals surface area contributed by atoms with Gasteiger partial charge in [-0.25, -0.2) is 0 Å². The van der Waals surface area contributed by atoms with Crippen LogP contribution >= 0.6 is 11.6 Å². The second kappa shape index (κ2) is 7.31. The number of non-ortho nitro benzene ring substituents is 1. The van der Waals surface area contributed by atoms with Crippen LogP contribution in [0.15, 0.2) is 36.4 Å². The van der Waals surface area contributed by atoms with Crippen molar-refractivity contribution in [3.8, 4) is 5.75 Å². The third kappa shape index (κ3) is 4.23. The van der Waals surface area contributed by atoms with Crippen LogP contribution in [0.5, 0.6) is 5.75 Å². The molecule has 0 heterocycles. The molecule has 6 nitrogen and oxygen atoms in total. The van der Waals surface area contributed by atoms with Gasteiger partial charge in [-0.1, -0.05) is 17.7 Å². The Labute approximate surface area is 144 Å². The first-order chi connectivity index (χ1) is 11.3. The van der Waals surface area contributed by atoms with Gasteiger partial charge in [-0.2, -0.15) is 0 Å². The van der Waals surface area contributed by atoms with Crippen molar-refractivity contribution in [2.24, 2.45) is 0 Å². The molecule has 0 radical (unpaired) electrons. The van der Waals surface area contributed by atoms with Gasteiger partial charge in [0.25, 0.3) is 11.6 Å². The summed E-state index contributed by atoms with van der Waals surface area (Å²) in [6.07, 6.45) is -0.775. The summed E-state index contributed by atoms with van der Waals surface area (Å²) < 4.78 is 5.65. The van der Waals surface area contributed by atoms with Crippen molar-refractivity contribution in [2.75, 3.05) is 5.32 Å². The minimum Gasteiger partial charge on any atom is -0.481 e. The van der Waals surface area contributed by atoms with Crippen molar-refractivity contribution in [3.05, 3.63) is 62.7 Å². The predicted octanol–water partition coefficient (Wildman–Crippen LogP) is 4.27. The fourth-order valence-electron chi connectivity index (χ4n) is 2.08. The number of nitrogens with one attached hydrogen (secondary N) is 1. The molecular formula is C17H17ClN2O4. The monoisotopic (exact) mass is 348 g/mol. The highest BCUT2D eigenvalue weighted by molar-refractivity contribution is 6.30. The number of hydrogen-bond acceptors (Lipinski definition) is 4. The molecule has 24 heavy (non-hydrogen) atoms. The van der Waals surface area contributed by atoms with Crippen molar-refractivity contribution in [1.82, 2.24) is 0 Å². The molecule has 0 unspecified atom stereocenters. The summed E-state index contributed by atoms with van der Waals surface area (Å²) in [6.45, 7) is 5.20. The van der Waals surface area contributed by atoms with Crippen LogP contribution in [0.4, 0.5) is 11.4 Å². The highest BCUT2D eigenvalue weighted by Crippen LogP contribution is 2.24. The fraction of sp³-hybridized carbons (Fsp3) is 0.235. The molecule has 0 bridgehead atoms. The smallest absolute Gasteiger partial charge is 0.271 e. The first-order valence-electron chi connectivity index (χ1n) is 7.26. The number of nitrogens with zero attached hydrogens (tertiary/aromatic N) is 1. The Balaban J connectivity index is 2.11. The van der Waals surface area contributed by atoms with Crippen molar-refractivity contribution < 1.29 is 14.5 Å². The van der Waals surface area contributed by atoms with E-state index >= 15 is 0 Å². The molecule has 1 amide bonds. The number of ether oxygens (including phenoxy) is 1. The quantitative estimate of drug-likeness (QED) is 0.646. The SMILES string of the molecule is Cc1ccc([N+](=O)[O-])cc1NC(=O)[C@H](C)Oc1ccc(Cl)cc1C. The average molecular weight is 349 g/mol. The number of carbonyl (C=O) groups is 1. The van der Waals surface area contributed by atoms with Gasteiger partial charge in [-0.3, -0.25) is 14.9 Å². The number of benzene rings is 2. The highest BCUT2D eigenvalue weighted by Gasteiger charge is 2.18. The third-order valence-corrected chi connectivity index (χ3v) is 3.73. The van der Waals surface area contributed by atoms with Crippen molar-refractivity contribution in [3.63, 3.8) is 0 Å². The summed E-state index contributed by atoms with van der Waals surface area (Å²) >= 11 is 5.89. The van der Waals surface area contributed by atoms with Crippen molar-refractivity contribution in [1.29, 1.82) is 0 Å². The van der Waals surface area contributed by atoms with Gasteiger partial charge in [0.2, 0.25) is 0 Å². The minimum absolute atomic E-state index is 0.0852. The number of anilines is 1. The molecule has 2 aromatic rings. The number of carbonyl (C=O) groups excluding carboxylic acids is 1. The lowest BCUT2D eigenvalue weighted by molar-refractivity contribution is -0.384. The summed E-state index contributed by atoms with van der Waals surface area (Å²) in [4.78, 5) is 22.6. The lowest BCUT2D eigenvalue weighted by Crippen LogP contribution is -2.30. The molecule has 2 rings (SSSR count). The van der Waals surface area contributed by atoms with Gasteiger partial charge in [-0.05, 0) is 50.1 Å². The lowest BCUT2D eigenvalue weighted by Gasteiger charge is -2.17. The second-order valence-corrected chi connectivity index (χ2v) is 5.85. The Hall–Kier alpha value is -2.60. The number of rotatable bonds is 5. The van der Waals surface area contributed by atoms with Crippen LogP contribution in [0, 0.1) is 24.0 Å². The van der Waals surface area contributed by atoms with E-state index in [2.05, 4.69) is 5.32 Å². The molecule has 0 spiro atoms. The molecule has 0 aromatic heterocycles. The summed E-state index contributed by atoms with van der Waals surface area (Å²) in [7, 11) is 0. The van der Waals surface area contributed by atoms with Crippen molar-refractivity contribution >= 4 is 28.9 Å². The van der Waals surface area contributed by atoms with E-state index in [0.29, 0.717) is 16.5 Å². The maximum absolute atomic E-state index is 12.3. The summed E-state index contributed by atoms with van der Waals surface area (Å²) in [5.74, 6) is 0.158. The Morgan fingerprint density at radius 1 is 1.21 bits per heavy atom. The topological polar surface area (TPSA) is 81.5 Å². The maximum Gasteiger partial charge on any atom is 0.271 e. The zero-order valence-electron chi connectivity index (χ0n) is 13.5. The maximum atomic E-state index is 12.3. The normalized spacial score (nSPS) is 11.7. The van der Waals surface area contributed by atoms with E-state index in [4.69, 9.17) is 16.3 Å². The van der Waals surface area contributed by atoms with Gasteiger partial charge in [-0.15, -0.1) is 0 Å². The zero-order valence-corrected chi connectivity index (χ0v) is 14.3. The van der Waals surface area contributed by atoms with Crippen molar-refractivity contribution in [2.45, 2.75) is 26.9 Å². The van der Waals surface area contributed by atoms with Crippen LogP contribution < -0.4 is 10.1 Å². The Kier molecular flexibility index (Phi) is 5.41. The second-order valence-electron chi connectivity index (χ2n) is 5.42. The highest BCUT2D eigenvalue weighted by atomic mass is 35.5. The average Bonchev–Trinajstić information content (AvgIpc) is 2.51. The third-order valence-electron chi connectivity index (χ3n) is 3.50. The molecule has 0 aliphatic heterocycles. The first kappa shape index (κ1) is 17.7. The molecular weight excluding hydrogens is 332 g/mol. The van der Waals surface area contributed by atoms with Gasteiger partial charge in [0.15, 0.2) is 6.10 Å². The van der Waals surface area contributed by atoms with E-state index in [-0.39, 0.29) is 5.69 Å². The number of nitro benzene ring substituents is 1. The summed E-state index contributed by atoms with van der Waals surface area (Å²) in [6, 6.07) is 9.42. The van der Waals surface area contributed by atoms with Crippen LogP contribution in [-0.2, 0) is 4.79 Å². The van der Waals surface area contributed by atoms with Crippen LogP contribution in [-0.4, -0.2) is 16.9 Å². The number of hydrogen-bond donors (Lipinski definition) is 1. The molecule has 0 saturated carbocycles. The standard InChI is InChI=1S/C17H17ClN2O4/c1-10-4-6-14(20(22)23)9-15(10)19-17(21)12(3)24-16-7-5-13(18)8-11(16)2/h4-9,12H,1-3H3,(H,19,21)/t12-/m0/s1. The molecule has 1 N–H and O–H groups in total. The van der Waals surface area contributed by atoms with E-state index in [1.54, 1.807) is 38.1 Å². The molecule has 1 atom stereocenters.